The maximum atomic E-state index is 11.8. The van der Waals surface area contributed by atoms with Crippen molar-refractivity contribution in [1.29, 1.82) is 0 Å². The highest BCUT2D eigenvalue weighted by molar-refractivity contribution is 7.88. The van der Waals surface area contributed by atoms with Crippen LogP contribution >= 0.6 is 0 Å². The molecule has 0 bridgehead atoms. The molecule has 2 heterocycles. The first-order valence-corrected chi connectivity index (χ1v) is 7.58. The molecule has 0 saturated carbocycles. The fourth-order valence-corrected chi connectivity index (χ4v) is 3.56. The highest BCUT2D eigenvalue weighted by Crippen LogP contribution is 2.33. The number of hydrogen-bond donors (Lipinski definition) is 2. The van der Waals surface area contributed by atoms with E-state index in [0.29, 0.717) is 25.1 Å². The van der Waals surface area contributed by atoms with Gasteiger partial charge in [-0.1, -0.05) is 6.07 Å². The molecule has 0 spiro atoms. The molecule has 0 aliphatic carbocycles. The van der Waals surface area contributed by atoms with Crippen molar-refractivity contribution in [3.63, 3.8) is 0 Å². The maximum Gasteiger partial charge on any atom is 0.213 e. The van der Waals surface area contributed by atoms with E-state index in [2.05, 4.69) is 4.98 Å². The number of aliphatic hydroxyl groups excluding tert-OH is 1. The zero-order chi connectivity index (χ0) is 13.4. The highest BCUT2D eigenvalue weighted by atomic mass is 32.2. The number of nitrogens with zero attached hydrogens (tertiary/aromatic N) is 2. The second-order valence-electron chi connectivity index (χ2n) is 4.53. The molecule has 1 aliphatic heterocycles. The van der Waals surface area contributed by atoms with E-state index in [4.69, 9.17) is 5.73 Å². The lowest BCUT2D eigenvalue weighted by Crippen LogP contribution is -2.65. The van der Waals surface area contributed by atoms with Gasteiger partial charge < -0.3 is 10.8 Å². The zero-order valence-electron chi connectivity index (χ0n) is 10.2. The van der Waals surface area contributed by atoms with Gasteiger partial charge in [0.2, 0.25) is 10.0 Å². The summed E-state index contributed by atoms with van der Waals surface area (Å²) in [6, 6.07) is 5.07. The van der Waals surface area contributed by atoms with Crippen LogP contribution in [0.1, 0.15) is 18.5 Å². The zero-order valence-corrected chi connectivity index (χ0v) is 11.0. The van der Waals surface area contributed by atoms with Crippen LogP contribution < -0.4 is 5.73 Å². The molecule has 1 aromatic heterocycles. The second kappa shape index (κ2) is 4.58. The number of piperidine rings is 1. The van der Waals surface area contributed by atoms with Gasteiger partial charge in [0.05, 0.1) is 18.1 Å². The molecular formula is C11H17N3O3S. The van der Waals surface area contributed by atoms with E-state index in [-0.39, 0.29) is 0 Å². The summed E-state index contributed by atoms with van der Waals surface area (Å²) < 4.78 is 24.8. The third kappa shape index (κ3) is 2.14. The molecule has 18 heavy (non-hydrogen) atoms. The second-order valence-corrected chi connectivity index (χ2v) is 6.44. The van der Waals surface area contributed by atoms with Gasteiger partial charge in [0, 0.05) is 12.7 Å². The molecule has 7 heteroatoms. The van der Waals surface area contributed by atoms with E-state index in [1.807, 2.05) is 0 Å². The Balaban J connectivity index is 2.54. The number of sulfonamides is 1. The molecule has 2 atom stereocenters. The molecule has 1 saturated heterocycles. The van der Waals surface area contributed by atoms with Crippen molar-refractivity contribution in [2.45, 2.75) is 24.6 Å². The van der Waals surface area contributed by atoms with Crippen LogP contribution in [0.15, 0.2) is 24.4 Å². The Morgan fingerprint density at radius 3 is 2.83 bits per heavy atom. The van der Waals surface area contributed by atoms with Crippen molar-refractivity contribution >= 4 is 10.0 Å². The van der Waals surface area contributed by atoms with Crippen molar-refractivity contribution < 1.29 is 13.5 Å². The molecular weight excluding hydrogens is 254 g/mol. The molecule has 6 nitrogen and oxygen atoms in total. The molecule has 3 N–H and O–H groups in total. The van der Waals surface area contributed by atoms with Crippen LogP contribution in [-0.4, -0.2) is 41.7 Å². The van der Waals surface area contributed by atoms with E-state index >= 15 is 0 Å². The van der Waals surface area contributed by atoms with Crippen molar-refractivity contribution in [1.82, 2.24) is 9.29 Å². The van der Waals surface area contributed by atoms with Crippen molar-refractivity contribution in [2.24, 2.45) is 5.73 Å². The molecule has 1 aliphatic rings. The van der Waals surface area contributed by atoms with Crippen LogP contribution in [0.2, 0.25) is 0 Å². The summed E-state index contributed by atoms with van der Waals surface area (Å²) in [7, 11) is -3.51. The smallest absolute Gasteiger partial charge is 0.213 e. The summed E-state index contributed by atoms with van der Waals surface area (Å²) in [6.45, 7) is 0.295. The lowest BCUT2D eigenvalue weighted by atomic mass is 9.91. The van der Waals surface area contributed by atoms with Crippen LogP contribution in [0.3, 0.4) is 0 Å². The van der Waals surface area contributed by atoms with E-state index in [1.54, 1.807) is 18.2 Å². The number of pyridine rings is 1. The minimum Gasteiger partial charge on any atom is -0.389 e. The lowest BCUT2D eigenvalue weighted by Gasteiger charge is -2.45. The van der Waals surface area contributed by atoms with Crippen molar-refractivity contribution in [3.8, 4) is 0 Å². The molecule has 0 radical (unpaired) electrons. The summed E-state index contributed by atoms with van der Waals surface area (Å²) >= 11 is 0. The Morgan fingerprint density at radius 1 is 1.56 bits per heavy atom. The summed E-state index contributed by atoms with van der Waals surface area (Å²) in [5.74, 6) is 0. The molecule has 2 unspecified atom stereocenters. The van der Waals surface area contributed by atoms with Gasteiger partial charge in [-0.05, 0) is 25.0 Å². The van der Waals surface area contributed by atoms with Gasteiger partial charge in [0.1, 0.15) is 0 Å². The molecule has 0 amide bonds. The van der Waals surface area contributed by atoms with Gasteiger partial charge in [-0.25, -0.2) is 8.42 Å². The fraction of sp³-hybridized carbons (Fsp3) is 0.545. The minimum atomic E-state index is -3.51. The predicted molar refractivity (Wildman–Crippen MR) is 66.9 cm³/mol. The summed E-state index contributed by atoms with van der Waals surface area (Å²) in [5, 5.41) is 10.1. The Hall–Kier alpha value is -1.02. The standard InChI is InChI=1S/C11H17N3O3S/c1-18(16,17)14-8-4-6-10(15)11(14,12)9-5-2-3-7-13-9/h2-3,5,7,10,15H,4,6,8,12H2,1H3. The van der Waals surface area contributed by atoms with Gasteiger partial charge in [0.25, 0.3) is 0 Å². The summed E-state index contributed by atoms with van der Waals surface area (Å²) in [6.07, 6.45) is 2.70. The van der Waals surface area contributed by atoms with Gasteiger partial charge in [-0.2, -0.15) is 4.31 Å². The lowest BCUT2D eigenvalue weighted by molar-refractivity contribution is -0.0249. The molecule has 0 aromatic carbocycles. The molecule has 1 aromatic rings. The van der Waals surface area contributed by atoms with E-state index in [0.717, 1.165) is 10.6 Å². The highest BCUT2D eigenvalue weighted by Gasteiger charge is 2.49. The van der Waals surface area contributed by atoms with Gasteiger partial charge in [-0.15, -0.1) is 0 Å². The van der Waals surface area contributed by atoms with Gasteiger partial charge in [0.15, 0.2) is 5.66 Å². The monoisotopic (exact) mass is 271 g/mol. The van der Waals surface area contributed by atoms with Crippen LogP contribution in [0.5, 0.6) is 0 Å². The minimum absolute atomic E-state index is 0.295. The Kier molecular flexibility index (Phi) is 3.41. The van der Waals surface area contributed by atoms with E-state index < -0.39 is 21.8 Å². The molecule has 1 fully saturated rings. The number of aromatic nitrogens is 1. The SMILES string of the molecule is CS(=O)(=O)N1CCCC(O)C1(N)c1ccccn1. The average Bonchev–Trinajstić information content (AvgIpc) is 2.32. The van der Waals surface area contributed by atoms with Gasteiger partial charge >= 0.3 is 0 Å². The first-order valence-electron chi connectivity index (χ1n) is 5.73. The molecule has 2 rings (SSSR count). The van der Waals surface area contributed by atoms with Crippen molar-refractivity contribution in [3.05, 3.63) is 30.1 Å². The third-order valence-corrected chi connectivity index (χ3v) is 4.52. The van der Waals surface area contributed by atoms with Crippen LogP contribution in [0.4, 0.5) is 0 Å². The summed E-state index contributed by atoms with van der Waals surface area (Å²) in [4.78, 5) is 4.10. The van der Waals surface area contributed by atoms with Crippen LogP contribution in [0.25, 0.3) is 0 Å². The maximum absolute atomic E-state index is 11.8. The van der Waals surface area contributed by atoms with Crippen molar-refractivity contribution in [2.75, 3.05) is 12.8 Å². The topological polar surface area (TPSA) is 96.5 Å². The first-order chi connectivity index (χ1) is 8.37. The summed E-state index contributed by atoms with van der Waals surface area (Å²) in [5.41, 5.74) is 5.07. The normalized spacial score (nSPS) is 30.3. The predicted octanol–water partition coefficient (Wildman–Crippen LogP) is -0.391. The fourth-order valence-electron chi connectivity index (χ4n) is 2.34. The quantitative estimate of drug-likeness (QED) is 0.763. The van der Waals surface area contributed by atoms with Crippen LogP contribution in [-0.2, 0) is 15.7 Å². The molecule has 100 valence electrons. The van der Waals surface area contributed by atoms with E-state index in [9.17, 15) is 13.5 Å². The van der Waals surface area contributed by atoms with E-state index in [1.165, 1.54) is 6.20 Å². The Bertz CT molecular complexity index is 520. The first kappa shape index (κ1) is 13.4. The van der Waals surface area contributed by atoms with Gasteiger partial charge in [-0.3, -0.25) is 4.98 Å². The average molecular weight is 271 g/mol. The third-order valence-electron chi connectivity index (χ3n) is 3.24. The number of aliphatic hydroxyl groups is 1. The number of hydrogen-bond acceptors (Lipinski definition) is 5. The number of nitrogens with two attached hydrogens (primary N) is 1. The number of rotatable bonds is 2. The largest absolute Gasteiger partial charge is 0.389 e. The van der Waals surface area contributed by atoms with Crippen LogP contribution in [0, 0.1) is 0 Å². The Labute approximate surface area is 106 Å². The Morgan fingerprint density at radius 2 is 2.28 bits per heavy atom.